The number of nitrogens with zero attached hydrogens (tertiary/aromatic N) is 2. The van der Waals surface area contributed by atoms with Crippen LogP contribution in [0.25, 0.3) is 0 Å². The molecular weight excluding hydrogens is 224 g/mol. The number of aliphatic hydroxyl groups is 1. The van der Waals surface area contributed by atoms with Crippen molar-refractivity contribution in [3.8, 4) is 0 Å². The third-order valence-electron chi connectivity index (χ3n) is 3.74. The van der Waals surface area contributed by atoms with E-state index in [0.29, 0.717) is 6.54 Å². The number of aliphatic hydroxyl groups excluding tert-OH is 1. The van der Waals surface area contributed by atoms with E-state index in [-0.39, 0.29) is 6.61 Å². The normalized spacial score (nSPS) is 15.2. The highest BCUT2D eigenvalue weighted by Gasteiger charge is 2.15. The van der Waals surface area contributed by atoms with Gasteiger partial charge in [-0.05, 0) is 50.5 Å². The lowest BCUT2D eigenvalue weighted by Crippen LogP contribution is -2.26. The summed E-state index contributed by atoms with van der Waals surface area (Å²) in [4.78, 5) is 4.68. The molecule has 100 valence electrons. The van der Waals surface area contributed by atoms with E-state index in [1.54, 1.807) is 0 Å². The van der Waals surface area contributed by atoms with Crippen LogP contribution in [0.5, 0.6) is 0 Å². The van der Waals surface area contributed by atoms with Crippen LogP contribution < -0.4 is 9.80 Å². The van der Waals surface area contributed by atoms with Crippen LogP contribution in [0.1, 0.15) is 25.3 Å². The summed E-state index contributed by atoms with van der Waals surface area (Å²) in [7, 11) is 0. The summed E-state index contributed by atoms with van der Waals surface area (Å²) >= 11 is 0. The van der Waals surface area contributed by atoms with Crippen LogP contribution in [0.15, 0.2) is 18.2 Å². The van der Waals surface area contributed by atoms with Gasteiger partial charge < -0.3 is 14.9 Å². The zero-order valence-corrected chi connectivity index (χ0v) is 11.5. The summed E-state index contributed by atoms with van der Waals surface area (Å²) in [6, 6.07) is 6.66. The Morgan fingerprint density at radius 3 is 2.56 bits per heavy atom. The summed E-state index contributed by atoms with van der Waals surface area (Å²) in [6.07, 6.45) is 2.62. The molecule has 3 nitrogen and oxygen atoms in total. The van der Waals surface area contributed by atoms with E-state index in [0.717, 1.165) is 6.54 Å². The number of benzene rings is 1. The quantitative estimate of drug-likeness (QED) is 0.867. The van der Waals surface area contributed by atoms with E-state index in [2.05, 4.69) is 41.8 Å². The molecule has 0 bridgehead atoms. The van der Waals surface area contributed by atoms with Crippen LogP contribution in [0.3, 0.4) is 0 Å². The number of anilines is 2. The zero-order valence-electron chi connectivity index (χ0n) is 11.5. The summed E-state index contributed by atoms with van der Waals surface area (Å²) in [5.41, 5.74) is 3.93. The lowest BCUT2D eigenvalue weighted by atomic mass is 10.1. The fourth-order valence-electron chi connectivity index (χ4n) is 2.74. The Bertz CT molecular complexity index is 386. The van der Waals surface area contributed by atoms with Crippen molar-refractivity contribution in [2.75, 3.05) is 42.6 Å². The predicted molar refractivity (Wildman–Crippen MR) is 77.6 cm³/mol. The lowest BCUT2D eigenvalue weighted by molar-refractivity contribution is 0.302. The molecule has 1 aliphatic rings. The summed E-state index contributed by atoms with van der Waals surface area (Å²) in [5.74, 6) is 0. The first kappa shape index (κ1) is 13.2. The van der Waals surface area contributed by atoms with Crippen LogP contribution in [0, 0.1) is 6.92 Å². The second-order valence-electron chi connectivity index (χ2n) is 4.97. The lowest BCUT2D eigenvalue weighted by Gasteiger charge is -2.25. The number of likely N-dealkylation sites (N-methyl/N-ethyl adjacent to an activating group) is 1. The second kappa shape index (κ2) is 6.10. The zero-order chi connectivity index (χ0) is 13.0. The van der Waals surface area contributed by atoms with Gasteiger partial charge in [-0.1, -0.05) is 0 Å². The van der Waals surface area contributed by atoms with Crippen LogP contribution in [-0.4, -0.2) is 37.9 Å². The van der Waals surface area contributed by atoms with Crippen molar-refractivity contribution >= 4 is 11.4 Å². The molecule has 1 aromatic rings. The molecule has 0 amide bonds. The Balaban J connectivity index is 2.17. The van der Waals surface area contributed by atoms with Gasteiger partial charge in [0.1, 0.15) is 0 Å². The molecule has 1 heterocycles. The van der Waals surface area contributed by atoms with E-state index in [1.807, 2.05) is 0 Å². The third kappa shape index (κ3) is 2.78. The molecule has 0 radical (unpaired) electrons. The van der Waals surface area contributed by atoms with E-state index in [4.69, 9.17) is 5.11 Å². The first-order valence-corrected chi connectivity index (χ1v) is 6.97. The Labute approximate surface area is 110 Å². The van der Waals surface area contributed by atoms with Gasteiger partial charge in [-0.15, -0.1) is 0 Å². The molecule has 1 aliphatic heterocycles. The van der Waals surface area contributed by atoms with Crippen LogP contribution >= 0.6 is 0 Å². The minimum Gasteiger partial charge on any atom is -0.395 e. The number of hydrogen-bond acceptors (Lipinski definition) is 3. The van der Waals surface area contributed by atoms with Gasteiger partial charge in [0.25, 0.3) is 0 Å². The molecule has 0 aliphatic carbocycles. The fourth-order valence-corrected chi connectivity index (χ4v) is 2.74. The predicted octanol–water partition coefficient (Wildman–Crippen LogP) is 2.41. The van der Waals surface area contributed by atoms with E-state index < -0.39 is 0 Å². The molecule has 3 heteroatoms. The molecule has 1 aromatic carbocycles. The van der Waals surface area contributed by atoms with Crippen molar-refractivity contribution in [2.24, 2.45) is 0 Å². The maximum atomic E-state index is 9.08. The molecule has 1 saturated heterocycles. The van der Waals surface area contributed by atoms with E-state index in [9.17, 15) is 0 Å². The summed E-state index contributed by atoms with van der Waals surface area (Å²) in [6.45, 7) is 8.54. The largest absolute Gasteiger partial charge is 0.395 e. The Morgan fingerprint density at radius 1 is 1.28 bits per heavy atom. The molecule has 0 unspecified atom stereocenters. The Morgan fingerprint density at radius 2 is 2.00 bits per heavy atom. The van der Waals surface area contributed by atoms with Crippen LogP contribution in [0.2, 0.25) is 0 Å². The van der Waals surface area contributed by atoms with Crippen LogP contribution in [0.4, 0.5) is 11.4 Å². The molecule has 0 atom stereocenters. The molecule has 1 N–H and O–H groups in total. The van der Waals surface area contributed by atoms with Crippen LogP contribution in [-0.2, 0) is 0 Å². The third-order valence-corrected chi connectivity index (χ3v) is 3.74. The fraction of sp³-hybridized carbons (Fsp3) is 0.600. The number of rotatable bonds is 5. The van der Waals surface area contributed by atoms with Crippen molar-refractivity contribution in [2.45, 2.75) is 26.7 Å². The van der Waals surface area contributed by atoms with Gasteiger partial charge in [0.05, 0.1) is 6.61 Å². The van der Waals surface area contributed by atoms with Crippen molar-refractivity contribution in [3.05, 3.63) is 23.8 Å². The van der Waals surface area contributed by atoms with Crippen molar-refractivity contribution in [1.29, 1.82) is 0 Å². The van der Waals surface area contributed by atoms with Gasteiger partial charge in [0, 0.05) is 37.6 Å². The minimum absolute atomic E-state index is 0.209. The second-order valence-corrected chi connectivity index (χ2v) is 4.97. The van der Waals surface area contributed by atoms with Gasteiger partial charge in [-0.25, -0.2) is 0 Å². The maximum absolute atomic E-state index is 9.08. The molecule has 0 spiro atoms. The van der Waals surface area contributed by atoms with Gasteiger partial charge >= 0.3 is 0 Å². The molecule has 0 saturated carbocycles. The Hall–Kier alpha value is -1.22. The van der Waals surface area contributed by atoms with Gasteiger partial charge in [0.15, 0.2) is 0 Å². The van der Waals surface area contributed by atoms with Gasteiger partial charge in [0.2, 0.25) is 0 Å². The molecular formula is C15H24N2O. The summed E-state index contributed by atoms with van der Waals surface area (Å²) < 4.78 is 0. The van der Waals surface area contributed by atoms with Gasteiger partial charge in [-0.3, -0.25) is 0 Å². The molecule has 0 aromatic heterocycles. The van der Waals surface area contributed by atoms with Crippen molar-refractivity contribution in [3.63, 3.8) is 0 Å². The summed E-state index contributed by atoms with van der Waals surface area (Å²) in [5, 5.41) is 9.08. The van der Waals surface area contributed by atoms with Crippen molar-refractivity contribution < 1.29 is 5.11 Å². The SMILES string of the molecule is CCN(CCO)c1ccc(N2CCCC2)c(C)c1. The highest BCUT2D eigenvalue weighted by molar-refractivity contribution is 5.61. The van der Waals surface area contributed by atoms with Gasteiger partial charge in [-0.2, -0.15) is 0 Å². The standard InChI is InChI=1S/C15H24N2O/c1-3-16(10-11-18)14-6-7-15(13(2)12-14)17-8-4-5-9-17/h6-7,12,18H,3-5,8-11H2,1-2H3. The number of hydrogen-bond donors (Lipinski definition) is 1. The molecule has 2 rings (SSSR count). The average molecular weight is 248 g/mol. The topological polar surface area (TPSA) is 26.7 Å². The monoisotopic (exact) mass is 248 g/mol. The number of aryl methyl sites for hydroxylation is 1. The maximum Gasteiger partial charge on any atom is 0.0606 e. The smallest absolute Gasteiger partial charge is 0.0606 e. The molecule has 1 fully saturated rings. The highest BCUT2D eigenvalue weighted by atomic mass is 16.3. The average Bonchev–Trinajstić information content (AvgIpc) is 2.89. The minimum atomic E-state index is 0.209. The van der Waals surface area contributed by atoms with Crippen molar-refractivity contribution in [1.82, 2.24) is 0 Å². The van der Waals surface area contributed by atoms with E-state index >= 15 is 0 Å². The first-order valence-electron chi connectivity index (χ1n) is 6.97. The Kier molecular flexibility index (Phi) is 4.48. The van der Waals surface area contributed by atoms with E-state index in [1.165, 1.54) is 42.9 Å². The molecule has 18 heavy (non-hydrogen) atoms. The first-order chi connectivity index (χ1) is 8.76. The highest BCUT2D eigenvalue weighted by Crippen LogP contribution is 2.28.